The number of aliphatic hydroxyl groups excluding tert-OH is 15. The second kappa shape index (κ2) is 13.3. The molecule has 0 aliphatic carbocycles. The lowest BCUT2D eigenvalue weighted by Crippen LogP contribution is -2.94. The molecule has 4 rings (SSSR count). The van der Waals surface area contributed by atoms with E-state index in [2.05, 4.69) is 0 Å². The molecule has 0 amide bonds. The average molecular weight is 699 g/mol. The summed E-state index contributed by atoms with van der Waals surface area (Å²) in [7, 11) is 0. The van der Waals surface area contributed by atoms with Crippen molar-refractivity contribution in [1.82, 2.24) is 0 Å². The molecule has 47 heavy (non-hydrogen) atoms. The Hall–Kier alpha value is -0.920. The summed E-state index contributed by atoms with van der Waals surface area (Å²) in [4.78, 5) is 0. The van der Waals surface area contributed by atoms with Gasteiger partial charge in [0.15, 0.2) is 0 Å². The molecular weight excluding hydrogens is 656 g/mol. The Labute approximate surface area is 263 Å². The van der Waals surface area contributed by atoms with Crippen LogP contribution in [0.15, 0.2) is 0 Å². The Morgan fingerprint density at radius 2 is 0.809 bits per heavy atom. The molecule has 0 bridgehead atoms. The molecule has 0 radical (unpaired) electrons. The second-order valence-corrected chi connectivity index (χ2v) is 11.9. The molecule has 4 heterocycles. The summed E-state index contributed by atoms with van der Waals surface area (Å²) in [6.07, 6.45) is -35.7. The van der Waals surface area contributed by atoms with Crippen LogP contribution >= 0.6 is 0 Å². The molecule has 4 aliphatic rings. The van der Waals surface area contributed by atoms with Crippen molar-refractivity contribution in [3.63, 3.8) is 0 Å². The molecule has 23 heteroatoms. The molecule has 23 nitrogen and oxygen atoms in total. The minimum atomic E-state index is -4.52. The fraction of sp³-hybridized carbons (Fsp3) is 1.00. The van der Waals surface area contributed by atoms with E-state index in [-0.39, 0.29) is 0 Å². The summed E-state index contributed by atoms with van der Waals surface area (Å²) in [5.41, 5.74) is -4.52. The molecule has 0 aromatic carbocycles. The summed E-state index contributed by atoms with van der Waals surface area (Å²) in [5.74, 6) is -16.3. The highest BCUT2D eigenvalue weighted by Crippen LogP contribution is 2.58. The van der Waals surface area contributed by atoms with E-state index in [1.807, 2.05) is 0 Å². The second-order valence-electron chi connectivity index (χ2n) is 11.9. The Morgan fingerprint density at radius 3 is 1.23 bits per heavy atom. The molecular formula is C24H42O23. The van der Waals surface area contributed by atoms with Gasteiger partial charge in [0.25, 0.3) is 11.6 Å². The third-order valence-corrected chi connectivity index (χ3v) is 9.30. The molecule has 276 valence electrons. The Bertz CT molecular complexity index is 1090. The van der Waals surface area contributed by atoms with Gasteiger partial charge < -0.3 is 116 Å². The minimum Gasteiger partial charge on any atom is -0.394 e. The summed E-state index contributed by atoms with van der Waals surface area (Å²) >= 11 is 0. The first-order chi connectivity index (χ1) is 21.8. The summed E-state index contributed by atoms with van der Waals surface area (Å²) in [6.45, 7) is -7.00. The predicted molar refractivity (Wildman–Crippen MR) is 136 cm³/mol. The lowest BCUT2D eigenvalue weighted by atomic mass is 9.65. The summed E-state index contributed by atoms with van der Waals surface area (Å²) in [6, 6.07) is 0. The molecule has 1 unspecified atom stereocenters. The Morgan fingerprint density at radius 1 is 0.426 bits per heavy atom. The van der Waals surface area contributed by atoms with Crippen molar-refractivity contribution in [1.29, 1.82) is 0 Å². The van der Waals surface area contributed by atoms with Gasteiger partial charge in [0.1, 0.15) is 92.1 Å². The van der Waals surface area contributed by atoms with E-state index in [1.165, 1.54) is 0 Å². The largest absolute Gasteiger partial charge is 0.394 e. The van der Waals surface area contributed by atoms with Gasteiger partial charge in [-0.15, -0.1) is 0 Å². The van der Waals surface area contributed by atoms with E-state index in [0.717, 1.165) is 0 Å². The molecule has 0 saturated carbocycles. The molecule has 4 aliphatic heterocycles. The number of hydrogen-bond acceptors (Lipinski definition) is 23. The van der Waals surface area contributed by atoms with Crippen molar-refractivity contribution in [2.45, 2.75) is 114 Å². The molecule has 4 fully saturated rings. The van der Waals surface area contributed by atoms with E-state index < -0.39 is 147 Å². The van der Waals surface area contributed by atoms with Crippen molar-refractivity contribution in [3.8, 4) is 0 Å². The van der Waals surface area contributed by atoms with Crippen LogP contribution in [0.1, 0.15) is 0 Å². The van der Waals surface area contributed by atoms with Crippen molar-refractivity contribution in [2.75, 3.05) is 33.0 Å². The van der Waals surface area contributed by atoms with E-state index in [0.29, 0.717) is 0 Å². The van der Waals surface area contributed by atoms with Crippen molar-refractivity contribution >= 4 is 0 Å². The quantitative estimate of drug-likeness (QED) is 0.106. The lowest BCUT2D eigenvalue weighted by Gasteiger charge is -2.67. The Balaban J connectivity index is 2.14. The minimum absolute atomic E-state index is 1.14. The van der Waals surface area contributed by atoms with Gasteiger partial charge in [0.05, 0.1) is 26.4 Å². The van der Waals surface area contributed by atoms with Crippen LogP contribution in [0.4, 0.5) is 0 Å². The third-order valence-electron chi connectivity index (χ3n) is 9.30. The van der Waals surface area contributed by atoms with E-state index in [9.17, 15) is 91.9 Å². The molecule has 19 atom stereocenters. The van der Waals surface area contributed by atoms with Gasteiger partial charge in [-0.05, 0) is 0 Å². The normalized spacial score (nSPS) is 57.3. The zero-order chi connectivity index (χ0) is 35.7. The molecule has 18 N–H and O–H groups in total. The van der Waals surface area contributed by atoms with Gasteiger partial charge in [-0.2, -0.15) is 0 Å². The maximum absolute atomic E-state index is 12.6. The van der Waals surface area contributed by atoms with Crippen LogP contribution in [0.3, 0.4) is 0 Å². The van der Waals surface area contributed by atoms with Crippen LogP contribution in [0.25, 0.3) is 0 Å². The monoisotopic (exact) mass is 698 g/mol. The van der Waals surface area contributed by atoms with Gasteiger partial charge in [-0.25, -0.2) is 0 Å². The van der Waals surface area contributed by atoms with Crippen LogP contribution in [0.5, 0.6) is 0 Å². The van der Waals surface area contributed by atoms with Crippen molar-refractivity contribution in [2.24, 2.45) is 0 Å². The van der Waals surface area contributed by atoms with Gasteiger partial charge >= 0.3 is 0 Å². The number of aliphatic hydroxyl groups is 18. The van der Waals surface area contributed by atoms with Crippen LogP contribution in [0, 0.1) is 0 Å². The van der Waals surface area contributed by atoms with Gasteiger partial charge in [0, 0.05) is 0 Å². The fourth-order valence-corrected chi connectivity index (χ4v) is 6.53. The Kier molecular flexibility index (Phi) is 11.0. The maximum Gasteiger partial charge on any atom is 0.267 e. The maximum atomic E-state index is 12.6. The zero-order valence-electron chi connectivity index (χ0n) is 24.2. The summed E-state index contributed by atoms with van der Waals surface area (Å²) < 4.78 is 26.8. The third kappa shape index (κ3) is 5.18. The molecule has 0 aromatic heterocycles. The first-order valence-electron chi connectivity index (χ1n) is 14.2. The average Bonchev–Trinajstić information content (AvgIpc) is 3.30. The molecule has 0 aromatic rings. The fourth-order valence-electron chi connectivity index (χ4n) is 6.53. The van der Waals surface area contributed by atoms with E-state index in [4.69, 9.17) is 23.7 Å². The van der Waals surface area contributed by atoms with Gasteiger partial charge in [-0.3, -0.25) is 0 Å². The van der Waals surface area contributed by atoms with Crippen LogP contribution in [-0.4, -0.2) is 239 Å². The highest BCUT2D eigenvalue weighted by molar-refractivity contribution is 5.25. The van der Waals surface area contributed by atoms with Crippen molar-refractivity contribution < 1.29 is 116 Å². The highest BCUT2D eigenvalue weighted by Gasteiger charge is 2.87. The van der Waals surface area contributed by atoms with E-state index in [1.54, 1.807) is 0 Å². The summed E-state index contributed by atoms with van der Waals surface area (Å²) in [5, 5.41) is 195. The number of hydrogen-bond donors (Lipinski definition) is 18. The first-order valence-corrected chi connectivity index (χ1v) is 14.2. The number of rotatable bonds is 9. The molecule has 0 spiro atoms. The van der Waals surface area contributed by atoms with Gasteiger partial charge in [-0.1, -0.05) is 0 Å². The zero-order valence-corrected chi connectivity index (χ0v) is 24.2. The lowest BCUT2D eigenvalue weighted by molar-refractivity contribution is -0.577. The first kappa shape index (κ1) is 38.9. The SMILES string of the molecule is OC[C@H]1O[C@@](O)([C@@]2(OC3(CO)O[C@H](CO)[C@@H](O)[C@@H]3O)O[C@H](CO)[C@@H](O)[C@H](O)[C@@]2(O)[C@]2(O)O[C@H](CO)[C@H](O)[C@H](O)[C@H]2O)[C@H](O)[C@@H](O)[C@H]1O. The molecule has 4 saturated heterocycles. The smallest absolute Gasteiger partial charge is 0.267 e. The predicted octanol–water partition coefficient (Wildman–Crippen LogP) is -12.3. The van der Waals surface area contributed by atoms with E-state index >= 15 is 0 Å². The standard InChI is InChI=1S/C24H42O23/c25-1-6-10(30)14(34)18(38)22(41,44-6)21(40)17(37)13(33)9(4-28)46-24(21,23(42)19(39)15(35)11(31)7(2-26)45-23)47-20(5-29)16(36)12(32)8(3-27)43-20/h6-19,25-42H,1-5H2/t6-,7-,8-,9-,10+,11+,12-,13-,14+,15+,16+,17+,18-,19-,20?,21-,22-,23-,24-/m1/s1. The van der Waals surface area contributed by atoms with Crippen LogP contribution in [-0.2, 0) is 23.7 Å². The van der Waals surface area contributed by atoms with Gasteiger partial charge in [0.2, 0.25) is 17.2 Å². The topological polar surface area (TPSA) is 410 Å². The number of ether oxygens (including phenoxy) is 5. The van der Waals surface area contributed by atoms with Crippen molar-refractivity contribution in [3.05, 3.63) is 0 Å². The highest BCUT2D eigenvalue weighted by atomic mass is 16.9. The van der Waals surface area contributed by atoms with Crippen LogP contribution in [0.2, 0.25) is 0 Å². The van der Waals surface area contributed by atoms with Crippen LogP contribution < -0.4 is 0 Å².